The van der Waals surface area contributed by atoms with E-state index in [1.54, 1.807) is 0 Å². The third kappa shape index (κ3) is 8.13. The molecule has 1 aliphatic heterocycles. The third-order valence-electron chi connectivity index (χ3n) is 2.96. The van der Waals surface area contributed by atoms with Crippen LogP contribution in [0.2, 0.25) is 0 Å². The van der Waals surface area contributed by atoms with E-state index >= 15 is 0 Å². The lowest BCUT2D eigenvalue weighted by molar-refractivity contribution is 0.428. The fourth-order valence-corrected chi connectivity index (χ4v) is 2.44. The van der Waals surface area contributed by atoms with Crippen molar-refractivity contribution in [1.29, 1.82) is 0 Å². The number of halogens is 1. The van der Waals surface area contributed by atoms with Crippen molar-refractivity contribution < 1.29 is 0 Å². The predicted octanol–water partition coefficient (Wildman–Crippen LogP) is 2.94. The molecule has 0 radical (unpaired) electrons. The minimum Gasteiger partial charge on any atom is -0.370 e. The van der Waals surface area contributed by atoms with Crippen LogP contribution in [-0.4, -0.2) is 42.5 Å². The molecule has 5 heteroatoms. The fourth-order valence-electron chi connectivity index (χ4n) is 1.95. The van der Waals surface area contributed by atoms with Gasteiger partial charge in [-0.15, -0.1) is 24.0 Å². The molecular formula is C12H26IN3S. The van der Waals surface area contributed by atoms with Crippen LogP contribution in [0, 0.1) is 0 Å². The van der Waals surface area contributed by atoms with Crippen molar-refractivity contribution in [2.75, 3.05) is 31.6 Å². The van der Waals surface area contributed by atoms with Crippen LogP contribution in [0.25, 0.3) is 0 Å². The predicted molar refractivity (Wildman–Crippen MR) is 89.6 cm³/mol. The second kappa shape index (κ2) is 11.4. The van der Waals surface area contributed by atoms with Gasteiger partial charge >= 0.3 is 0 Å². The zero-order valence-electron chi connectivity index (χ0n) is 10.9. The summed E-state index contributed by atoms with van der Waals surface area (Å²) in [4.78, 5) is 6.72. The molecular weight excluding hydrogens is 345 g/mol. The van der Waals surface area contributed by atoms with Gasteiger partial charge in [0.1, 0.15) is 0 Å². The Balaban J connectivity index is 0.00000256. The van der Waals surface area contributed by atoms with Gasteiger partial charge in [0.05, 0.1) is 0 Å². The number of guanidine groups is 1. The summed E-state index contributed by atoms with van der Waals surface area (Å²) in [6.45, 7) is 3.09. The molecule has 1 aliphatic rings. The second-order valence-corrected chi connectivity index (χ2v) is 5.33. The molecule has 0 aromatic carbocycles. The Morgan fingerprint density at radius 1 is 1.18 bits per heavy atom. The van der Waals surface area contributed by atoms with Gasteiger partial charge in [-0.05, 0) is 37.7 Å². The van der Waals surface area contributed by atoms with Crippen molar-refractivity contribution in [2.24, 2.45) is 10.7 Å². The van der Waals surface area contributed by atoms with Gasteiger partial charge in [0.2, 0.25) is 0 Å². The van der Waals surface area contributed by atoms with Crippen LogP contribution in [-0.2, 0) is 0 Å². The normalized spacial score (nSPS) is 17.5. The number of rotatable bonds is 5. The van der Waals surface area contributed by atoms with Gasteiger partial charge in [0, 0.05) is 19.6 Å². The van der Waals surface area contributed by atoms with Gasteiger partial charge in [0.25, 0.3) is 0 Å². The van der Waals surface area contributed by atoms with Crippen LogP contribution in [0.4, 0.5) is 0 Å². The van der Waals surface area contributed by atoms with E-state index in [-0.39, 0.29) is 24.0 Å². The molecule has 3 nitrogen and oxygen atoms in total. The summed E-state index contributed by atoms with van der Waals surface area (Å²) in [5.41, 5.74) is 6.00. The molecule has 1 heterocycles. The molecule has 0 amide bonds. The summed E-state index contributed by atoms with van der Waals surface area (Å²) >= 11 is 1.90. The Kier molecular flexibility index (Phi) is 11.7. The Morgan fingerprint density at radius 2 is 1.82 bits per heavy atom. The number of thioether (sulfide) groups is 1. The van der Waals surface area contributed by atoms with Gasteiger partial charge < -0.3 is 10.6 Å². The minimum absolute atomic E-state index is 0. The molecule has 1 fully saturated rings. The molecule has 0 aromatic rings. The Bertz CT molecular complexity index is 204. The molecule has 2 N–H and O–H groups in total. The first kappa shape index (κ1) is 17.4. The monoisotopic (exact) mass is 371 g/mol. The number of hydrogen-bond acceptors (Lipinski definition) is 2. The molecule has 0 atom stereocenters. The van der Waals surface area contributed by atoms with Crippen LogP contribution in [0.3, 0.4) is 0 Å². The summed E-state index contributed by atoms with van der Waals surface area (Å²) in [5.74, 6) is 2.00. The topological polar surface area (TPSA) is 41.6 Å². The van der Waals surface area contributed by atoms with Crippen molar-refractivity contribution in [1.82, 2.24) is 4.90 Å². The van der Waals surface area contributed by atoms with Gasteiger partial charge in [-0.25, -0.2) is 0 Å². The molecule has 0 saturated carbocycles. The third-order valence-corrected chi connectivity index (χ3v) is 3.66. The van der Waals surface area contributed by atoms with Crippen LogP contribution in [0.15, 0.2) is 4.99 Å². The molecule has 0 bridgehead atoms. The molecule has 0 spiro atoms. The van der Waals surface area contributed by atoms with Crippen molar-refractivity contribution >= 4 is 41.7 Å². The van der Waals surface area contributed by atoms with Crippen LogP contribution < -0.4 is 5.73 Å². The van der Waals surface area contributed by atoms with Gasteiger partial charge in [-0.3, -0.25) is 4.99 Å². The number of nitrogens with two attached hydrogens (primary N) is 1. The highest BCUT2D eigenvalue weighted by atomic mass is 127. The average molecular weight is 371 g/mol. The molecule has 1 saturated heterocycles. The maximum Gasteiger partial charge on any atom is 0.191 e. The van der Waals surface area contributed by atoms with E-state index in [2.05, 4.69) is 16.1 Å². The zero-order valence-corrected chi connectivity index (χ0v) is 14.0. The second-order valence-electron chi connectivity index (χ2n) is 4.34. The first-order chi connectivity index (χ1) is 7.84. The Hall–Kier alpha value is 0.350. The molecule has 17 heavy (non-hydrogen) atoms. The summed E-state index contributed by atoms with van der Waals surface area (Å²) in [5, 5.41) is 0. The average Bonchev–Trinajstić information content (AvgIpc) is 2.57. The molecule has 0 aromatic heterocycles. The van der Waals surface area contributed by atoms with Gasteiger partial charge in [-0.1, -0.05) is 12.8 Å². The summed E-state index contributed by atoms with van der Waals surface area (Å²) < 4.78 is 0. The first-order valence-electron chi connectivity index (χ1n) is 6.38. The van der Waals surface area contributed by atoms with Crippen LogP contribution in [0.5, 0.6) is 0 Å². The Labute approximate surface area is 127 Å². The van der Waals surface area contributed by atoms with Crippen molar-refractivity contribution in [2.45, 2.75) is 38.5 Å². The highest BCUT2D eigenvalue weighted by Crippen LogP contribution is 2.09. The van der Waals surface area contributed by atoms with Crippen molar-refractivity contribution in [3.63, 3.8) is 0 Å². The van der Waals surface area contributed by atoms with E-state index in [4.69, 9.17) is 5.73 Å². The van der Waals surface area contributed by atoms with E-state index in [0.29, 0.717) is 0 Å². The van der Waals surface area contributed by atoms with Crippen molar-refractivity contribution in [3.8, 4) is 0 Å². The quantitative estimate of drug-likeness (QED) is 0.350. The first-order valence-corrected chi connectivity index (χ1v) is 7.78. The molecule has 0 aliphatic carbocycles. The summed E-state index contributed by atoms with van der Waals surface area (Å²) in [6, 6.07) is 0. The number of likely N-dealkylation sites (tertiary alicyclic amines) is 1. The van der Waals surface area contributed by atoms with E-state index in [1.165, 1.54) is 37.9 Å². The minimum atomic E-state index is 0. The number of unbranched alkanes of at least 4 members (excludes halogenated alkanes) is 1. The highest BCUT2D eigenvalue weighted by Gasteiger charge is 2.10. The lowest BCUT2D eigenvalue weighted by atomic mass is 10.2. The van der Waals surface area contributed by atoms with E-state index in [1.807, 2.05) is 11.8 Å². The van der Waals surface area contributed by atoms with E-state index in [9.17, 15) is 0 Å². The number of aliphatic imine (C=N–C) groups is 1. The van der Waals surface area contributed by atoms with E-state index in [0.717, 1.165) is 32.0 Å². The molecule has 102 valence electrons. The smallest absolute Gasteiger partial charge is 0.191 e. The molecule has 1 rings (SSSR count). The maximum absolute atomic E-state index is 6.00. The van der Waals surface area contributed by atoms with Crippen LogP contribution in [0.1, 0.15) is 38.5 Å². The Morgan fingerprint density at radius 3 is 2.41 bits per heavy atom. The zero-order chi connectivity index (χ0) is 11.6. The fraction of sp³-hybridized carbons (Fsp3) is 0.917. The largest absolute Gasteiger partial charge is 0.370 e. The molecule has 0 unspecified atom stereocenters. The standard InChI is InChI=1S/C12H25N3S.HI/c1-16-11-7-4-8-14-12(13)15-9-5-2-3-6-10-15;/h2-11H2,1H3,(H2,13,14);1H. The number of nitrogens with zero attached hydrogens (tertiary/aromatic N) is 2. The lowest BCUT2D eigenvalue weighted by Crippen LogP contribution is -2.38. The van der Waals surface area contributed by atoms with Gasteiger partial charge in [-0.2, -0.15) is 11.8 Å². The summed E-state index contributed by atoms with van der Waals surface area (Å²) in [6.07, 6.45) is 9.78. The lowest BCUT2D eigenvalue weighted by Gasteiger charge is -2.21. The van der Waals surface area contributed by atoms with Gasteiger partial charge in [0.15, 0.2) is 5.96 Å². The maximum atomic E-state index is 6.00. The van der Waals surface area contributed by atoms with Crippen molar-refractivity contribution in [3.05, 3.63) is 0 Å². The van der Waals surface area contributed by atoms with E-state index < -0.39 is 0 Å². The summed E-state index contributed by atoms with van der Waals surface area (Å²) in [7, 11) is 0. The SMILES string of the molecule is CSCCCCN=C(N)N1CCCCCC1.I. The highest BCUT2D eigenvalue weighted by molar-refractivity contribution is 14.0. The number of hydrogen-bond donors (Lipinski definition) is 1. The van der Waals surface area contributed by atoms with Crippen LogP contribution >= 0.6 is 35.7 Å².